The fourth-order valence-corrected chi connectivity index (χ4v) is 2.58. The van der Waals surface area contributed by atoms with E-state index in [4.69, 9.17) is 5.73 Å². The van der Waals surface area contributed by atoms with Gasteiger partial charge in [0.05, 0.1) is 4.47 Å². The first-order chi connectivity index (χ1) is 7.16. The van der Waals surface area contributed by atoms with Crippen molar-refractivity contribution in [2.75, 3.05) is 18.0 Å². The average Bonchev–Trinajstić information content (AvgIpc) is 2.16. The van der Waals surface area contributed by atoms with Crippen LogP contribution in [-0.4, -0.2) is 29.1 Å². The van der Waals surface area contributed by atoms with Crippen LogP contribution in [0.25, 0.3) is 0 Å². The molecule has 2 unspecified atom stereocenters. The highest BCUT2D eigenvalue weighted by molar-refractivity contribution is 9.10. The Morgan fingerprint density at radius 1 is 1.53 bits per heavy atom. The fraction of sp³-hybridized carbons (Fsp3) is 0.600. The van der Waals surface area contributed by atoms with Gasteiger partial charge in [-0.25, -0.2) is 9.97 Å². The minimum atomic E-state index is 0.246. The van der Waals surface area contributed by atoms with Crippen LogP contribution in [0, 0.1) is 5.92 Å². The number of anilines is 1. The van der Waals surface area contributed by atoms with E-state index in [1.807, 2.05) is 0 Å². The number of nitrogens with zero attached hydrogens (tertiary/aromatic N) is 3. The zero-order chi connectivity index (χ0) is 10.8. The Hall–Kier alpha value is -0.680. The molecule has 0 radical (unpaired) electrons. The van der Waals surface area contributed by atoms with E-state index in [1.54, 1.807) is 12.5 Å². The summed E-state index contributed by atoms with van der Waals surface area (Å²) in [7, 11) is 0. The van der Waals surface area contributed by atoms with E-state index >= 15 is 0 Å². The largest absolute Gasteiger partial charge is 0.354 e. The van der Waals surface area contributed by atoms with Crippen LogP contribution in [0.2, 0.25) is 0 Å². The molecule has 4 nitrogen and oxygen atoms in total. The number of rotatable bonds is 1. The maximum absolute atomic E-state index is 6.00. The predicted octanol–water partition coefficient (Wildman–Crippen LogP) is 1.41. The van der Waals surface area contributed by atoms with Crippen molar-refractivity contribution in [2.45, 2.75) is 19.4 Å². The van der Waals surface area contributed by atoms with Crippen molar-refractivity contribution in [2.24, 2.45) is 11.7 Å². The van der Waals surface area contributed by atoms with Gasteiger partial charge >= 0.3 is 0 Å². The first-order valence-electron chi connectivity index (χ1n) is 5.13. The van der Waals surface area contributed by atoms with Crippen molar-refractivity contribution in [3.8, 4) is 0 Å². The van der Waals surface area contributed by atoms with Gasteiger partial charge in [0.2, 0.25) is 0 Å². The second kappa shape index (κ2) is 4.45. The molecule has 2 heterocycles. The Morgan fingerprint density at radius 3 is 3.00 bits per heavy atom. The van der Waals surface area contributed by atoms with E-state index < -0.39 is 0 Å². The Bertz CT molecular complexity index is 334. The first-order valence-corrected chi connectivity index (χ1v) is 5.92. The molecule has 2 rings (SSSR count). The average molecular weight is 271 g/mol. The minimum Gasteiger partial charge on any atom is -0.354 e. The molecule has 0 amide bonds. The normalized spacial score (nSPS) is 26.7. The van der Waals surface area contributed by atoms with Gasteiger partial charge < -0.3 is 10.6 Å². The summed E-state index contributed by atoms with van der Waals surface area (Å²) < 4.78 is 0.936. The van der Waals surface area contributed by atoms with Crippen molar-refractivity contribution in [3.05, 3.63) is 17.0 Å². The van der Waals surface area contributed by atoms with E-state index in [1.165, 1.54) is 0 Å². The third-order valence-electron chi connectivity index (χ3n) is 2.64. The number of aromatic nitrogens is 2. The van der Waals surface area contributed by atoms with E-state index in [0.717, 1.165) is 29.8 Å². The molecule has 5 heteroatoms. The van der Waals surface area contributed by atoms with Gasteiger partial charge in [-0.3, -0.25) is 0 Å². The molecule has 2 N–H and O–H groups in total. The van der Waals surface area contributed by atoms with Crippen LogP contribution in [0.1, 0.15) is 13.3 Å². The Morgan fingerprint density at radius 2 is 2.33 bits per heavy atom. The summed E-state index contributed by atoms with van der Waals surface area (Å²) in [6, 6.07) is 0.246. The highest BCUT2D eigenvalue weighted by Gasteiger charge is 2.24. The molecule has 1 saturated heterocycles. The lowest BCUT2D eigenvalue weighted by atomic mass is 9.97. The number of halogens is 1. The molecule has 1 aromatic rings. The van der Waals surface area contributed by atoms with Gasteiger partial charge in [-0.05, 0) is 28.3 Å². The van der Waals surface area contributed by atoms with Crippen LogP contribution in [-0.2, 0) is 0 Å². The molecule has 0 spiro atoms. The monoisotopic (exact) mass is 270 g/mol. The zero-order valence-electron chi connectivity index (χ0n) is 8.73. The minimum absolute atomic E-state index is 0.246. The standard InChI is InChI=1S/C10H15BrN4/c1-7-2-8(12)5-15(4-7)10-9(11)3-13-6-14-10/h3,6-8H,2,4-5,12H2,1H3. The maximum atomic E-state index is 6.00. The molecule has 0 saturated carbocycles. The Balaban J connectivity index is 2.20. The highest BCUT2D eigenvalue weighted by Crippen LogP contribution is 2.26. The molecule has 2 atom stereocenters. The molecular formula is C10H15BrN4. The lowest BCUT2D eigenvalue weighted by molar-refractivity contribution is 0.399. The van der Waals surface area contributed by atoms with Crippen molar-refractivity contribution in [1.29, 1.82) is 0 Å². The highest BCUT2D eigenvalue weighted by atomic mass is 79.9. The van der Waals surface area contributed by atoms with Gasteiger partial charge in [-0.1, -0.05) is 6.92 Å². The van der Waals surface area contributed by atoms with Crippen LogP contribution in [0.5, 0.6) is 0 Å². The topological polar surface area (TPSA) is 55.0 Å². The second-order valence-electron chi connectivity index (χ2n) is 4.20. The van der Waals surface area contributed by atoms with Gasteiger partial charge in [0, 0.05) is 25.3 Å². The van der Waals surface area contributed by atoms with Gasteiger partial charge in [0.15, 0.2) is 0 Å². The summed E-state index contributed by atoms with van der Waals surface area (Å²) in [6.07, 6.45) is 4.44. The molecule has 1 aliphatic rings. The molecule has 15 heavy (non-hydrogen) atoms. The van der Waals surface area contributed by atoms with Crippen LogP contribution in [0.3, 0.4) is 0 Å². The number of hydrogen-bond donors (Lipinski definition) is 1. The summed E-state index contributed by atoms with van der Waals surface area (Å²) in [5.41, 5.74) is 6.00. The summed E-state index contributed by atoms with van der Waals surface area (Å²) >= 11 is 3.46. The van der Waals surface area contributed by atoms with Crippen molar-refractivity contribution in [1.82, 2.24) is 9.97 Å². The fourth-order valence-electron chi connectivity index (χ4n) is 2.11. The molecule has 0 bridgehead atoms. The van der Waals surface area contributed by atoms with Crippen LogP contribution >= 0.6 is 15.9 Å². The number of piperidine rings is 1. The van der Waals surface area contributed by atoms with Crippen LogP contribution in [0.4, 0.5) is 5.82 Å². The van der Waals surface area contributed by atoms with E-state index in [2.05, 4.69) is 37.7 Å². The van der Waals surface area contributed by atoms with Crippen molar-refractivity contribution >= 4 is 21.7 Å². The summed E-state index contributed by atoms with van der Waals surface area (Å²) in [5.74, 6) is 1.57. The van der Waals surface area contributed by atoms with Crippen LogP contribution < -0.4 is 10.6 Å². The third kappa shape index (κ3) is 2.46. The second-order valence-corrected chi connectivity index (χ2v) is 5.05. The van der Waals surface area contributed by atoms with Crippen molar-refractivity contribution < 1.29 is 0 Å². The molecule has 1 aliphatic heterocycles. The van der Waals surface area contributed by atoms with E-state index in [0.29, 0.717) is 5.92 Å². The zero-order valence-corrected chi connectivity index (χ0v) is 10.3. The third-order valence-corrected chi connectivity index (χ3v) is 3.20. The van der Waals surface area contributed by atoms with Gasteiger partial charge in [-0.2, -0.15) is 0 Å². The quantitative estimate of drug-likeness (QED) is 0.839. The van der Waals surface area contributed by atoms with Crippen LogP contribution in [0.15, 0.2) is 17.0 Å². The smallest absolute Gasteiger partial charge is 0.146 e. The molecule has 82 valence electrons. The molecular weight excluding hydrogens is 256 g/mol. The first kappa shape index (κ1) is 10.8. The molecule has 0 aliphatic carbocycles. The van der Waals surface area contributed by atoms with E-state index in [-0.39, 0.29) is 6.04 Å². The Kier molecular flexibility index (Phi) is 3.21. The van der Waals surface area contributed by atoms with Gasteiger partial charge in [0.25, 0.3) is 0 Å². The summed E-state index contributed by atoms with van der Waals surface area (Å²) in [4.78, 5) is 10.5. The lowest BCUT2D eigenvalue weighted by Crippen LogP contribution is -2.46. The Labute approximate surface area is 98.0 Å². The lowest BCUT2D eigenvalue weighted by Gasteiger charge is -2.35. The number of hydrogen-bond acceptors (Lipinski definition) is 4. The van der Waals surface area contributed by atoms with Gasteiger partial charge in [-0.15, -0.1) is 0 Å². The predicted molar refractivity (Wildman–Crippen MR) is 63.7 cm³/mol. The summed E-state index contributed by atoms with van der Waals surface area (Å²) in [5, 5.41) is 0. The van der Waals surface area contributed by atoms with Crippen molar-refractivity contribution in [3.63, 3.8) is 0 Å². The molecule has 1 fully saturated rings. The SMILES string of the molecule is CC1CC(N)CN(c2ncncc2Br)C1. The van der Waals surface area contributed by atoms with Gasteiger partial charge in [0.1, 0.15) is 12.1 Å². The summed E-state index contributed by atoms with van der Waals surface area (Å²) in [6.45, 7) is 4.12. The van der Waals surface area contributed by atoms with E-state index in [9.17, 15) is 0 Å². The maximum Gasteiger partial charge on any atom is 0.146 e. The number of nitrogens with two attached hydrogens (primary N) is 1. The molecule has 1 aromatic heterocycles. The molecule has 0 aromatic carbocycles.